The standard InChI is InChI=1S/C9H10BrNO3/c1-13-7-4-3-6(5-11-7)8(10)9(12)14-2/h3-5,8H,1-2H3. The van der Waals surface area contributed by atoms with Gasteiger partial charge >= 0.3 is 5.97 Å². The van der Waals surface area contributed by atoms with E-state index in [0.717, 1.165) is 5.56 Å². The maximum absolute atomic E-state index is 11.1. The van der Waals surface area contributed by atoms with Crippen molar-refractivity contribution in [2.24, 2.45) is 0 Å². The predicted octanol–water partition coefficient (Wildman–Crippen LogP) is 1.70. The number of halogens is 1. The van der Waals surface area contributed by atoms with Crippen LogP contribution in [0.3, 0.4) is 0 Å². The summed E-state index contributed by atoms with van der Waals surface area (Å²) in [7, 11) is 2.88. The molecular weight excluding hydrogens is 250 g/mol. The molecule has 0 radical (unpaired) electrons. The molecule has 76 valence electrons. The number of esters is 1. The lowest BCUT2D eigenvalue weighted by Crippen LogP contribution is -2.08. The molecule has 1 atom stereocenters. The molecule has 0 aliphatic carbocycles. The molecule has 0 amide bonds. The van der Waals surface area contributed by atoms with Crippen molar-refractivity contribution >= 4 is 21.9 Å². The van der Waals surface area contributed by atoms with E-state index in [2.05, 4.69) is 25.7 Å². The van der Waals surface area contributed by atoms with Gasteiger partial charge in [0.2, 0.25) is 5.88 Å². The fraction of sp³-hybridized carbons (Fsp3) is 0.333. The Kier molecular flexibility index (Phi) is 3.88. The third-order valence-electron chi connectivity index (χ3n) is 1.67. The van der Waals surface area contributed by atoms with Gasteiger partial charge in [-0.05, 0) is 5.56 Å². The van der Waals surface area contributed by atoms with Crippen molar-refractivity contribution < 1.29 is 14.3 Å². The number of carbonyl (C=O) groups excluding carboxylic acids is 1. The fourth-order valence-corrected chi connectivity index (χ4v) is 1.36. The lowest BCUT2D eigenvalue weighted by atomic mass is 10.2. The molecule has 0 aliphatic heterocycles. The Hall–Kier alpha value is -1.10. The van der Waals surface area contributed by atoms with Crippen molar-refractivity contribution in [3.8, 4) is 5.88 Å². The Labute approximate surface area is 90.4 Å². The van der Waals surface area contributed by atoms with Crippen LogP contribution in [0.5, 0.6) is 5.88 Å². The molecule has 0 N–H and O–H groups in total. The largest absolute Gasteiger partial charge is 0.481 e. The molecule has 0 saturated carbocycles. The summed E-state index contributed by atoms with van der Waals surface area (Å²) in [5.74, 6) is 0.162. The normalized spacial score (nSPS) is 11.9. The first-order valence-corrected chi connectivity index (χ1v) is 4.82. The minimum absolute atomic E-state index is 0.350. The fourth-order valence-electron chi connectivity index (χ4n) is 0.902. The van der Waals surface area contributed by atoms with Gasteiger partial charge in [0, 0.05) is 12.3 Å². The molecule has 14 heavy (non-hydrogen) atoms. The highest BCUT2D eigenvalue weighted by Gasteiger charge is 2.17. The van der Waals surface area contributed by atoms with Gasteiger partial charge in [0.05, 0.1) is 14.2 Å². The monoisotopic (exact) mass is 259 g/mol. The number of carbonyl (C=O) groups is 1. The topological polar surface area (TPSA) is 48.4 Å². The molecule has 0 fully saturated rings. The highest BCUT2D eigenvalue weighted by molar-refractivity contribution is 9.09. The number of pyridine rings is 1. The molecule has 0 aliphatic rings. The van der Waals surface area contributed by atoms with Crippen molar-refractivity contribution in [3.05, 3.63) is 23.9 Å². The first-order chi connectivity index (χ1) is 6.69. The van der Waals surface area contributed by atoms with Crippen LogP contribution in [0, 0.1) is 0 Å². The van der Waals surface area contributed by atoms with Crippen molar-refractivity contribution in [1.29, 1.82) is 0 Å². The van der Waals surface area contributed by atoms with Crippen molar-refractivity contribution in [2.75, 3.05) is 14.2 Å². The van der Waals surface area contributed by atoms with Crippen molar-refractivity contribution in [1.82, 2.24) is 4.98 Å². The maximum Gasteiger partial charge on any atom is 0.324 e. The number of alkyl halides is 1. The van der Waals surface area contributed by atoms with Crippen molar-refractivity contribution in [2.45, 2.75) is 4.83 Å². The highest BCUT2D eigenvalue weighted by atomic mass is 79.9. The highest BCUT2D eigenvalue weighted by Crippen LogP contribution is 2.24. The van der Waals surface area contributed by atoms with E-state index in [-0.39, 0.29) is 5.97 Å². The van der Waals surface area contributed by atoms with Crippen LogP contribution >= 0.6 is 15.9 Å². The summed E-state index contributed by atoms with van der Waals surface area (Å²) in [5, 5.41) is 0. The van der Waals surface area contributed by atoms with E-state index in [9.17, 15) is 4.79 Å². The lowest BCUT2D eigenvalue weighted by molar-refractivity contribution is -0.139. The zero-order chi connectivity index (χ0) is 10.6. The van der Waals surface area contributed by atoms with Gasteiger partial charge in [-0.2, -0.15) is 0 Å². The Bertz CT molecular complexity index is 312. The van der Waals surface area contributed by atoms with E-state index >= 15 is 0 Å². The first-order valence-electron chi connectivity index (χ1n) is 3.91. The van der Waals surface area contributed by atoms with Crippen LogP contribution in [0.2, 0.25) is 0 Å². The molecule has 5 heteroatoms. The summed E-state index contributed by atoms with van der Waals surface area (Å²) in [4.78, 5) is 14.6. The number of hydrogen-bond donors (Lipinski definition) is 0. The summed E-state index contributed by atoms with van der Waals surface area (Å²) < 4.78 is 9.47. The summed E-state index contributed by atoms with van der Waals surface area (Å²) in [6.45, 7) is 0. The second kappa shape index (κ2) is 4.95. The molecular formula is C9H10BrNO3. The van der Waals surface area contributed by atoms with Gasteiger partial charge in [-0.1, -0.05) is 22.0 Å². The lowest BCUT2D eigenvalue weighted by Gasteiger charge is -2.07. The van der Waals surface area contributed by atoms with Crippen LogP contribution in [-0.4, -0.2) is 25.2 Å². The average molecular weight is 260 g/mol. The molecule has 0 saturated heterocycles. The second-order valence-electron chi connectivity index (χ2n) is 2.52. The third kappa shape index (κ3) is 2.45. The summed E-state index contributed by atoms with van der Waals surface area (Å²) >= 11 is 3.20. The molecule has 1 rings (SSSR count). The summed E-state index contributed by atoms with van der Waals surface area (Å²) in [6.07, 6.45) is 1.56. The van der Waals surface area contributed by atoms with Crippen LogP contribution in [0.15, 0.2) is 18.3 Å². The second-order valence-corrected chi connectivity index (χ2v) is 3.44. The van der Waals surface area contributed by atoms with E-state index in [1.807, 2.05) is 0 Å². The van der Waals surface area contributed by atoms with Crippen LogP contribution in [-0.2, 0) is 9.53 Å². The van der Waals surface area contributed by atoms with Gasteiger partial charge in [-0.25, -0.2) is 4.98 Å². The summed E-state index contributed by atoms with van der Waals surface area (Å²) in [5.41, 5.74) is 0.734. The van der Waals surface area contributed by atoms with Gasteiger partial charge in [-0.3, -0.25) is 4.79 Å². The average Bonchev–Trinajstić information content (AvgIpc) is 2.27. The smallest absolute Gasteiger partial charge is 0.324 e. The molecule has 0 bridgehead atoms. The molecule has 1 aromatic heterocycles. The van der Waals surface area contributed by atoms with E-state index in [4.69, 9.17) is 4.74 Å². The van der Waals surface area contributed by atoms with Crippen LogP contribution in [0.4, 0.5) is 0 Å². The van der Waals surface area contributed by atoms with E-state index in [1.165, 1.54) is 14.2 Å². The van der Waals surface area contributed by atoms with Gasteiger partial charge in [0.1, 0.15) is 4.83 Å². The Balaban J connectivity index is 2.81. The maximum atomic E-state index is 11.1. The molecule has 1 heterocycles. The zero-order valence-corrected chi connectivity index (χ0v) is 9.45. The zero-order valence-electron chi connectivity index (χ0n) is 7.86. The van der Waals surface area contributed by atoms with Crippen LogP contribution in [0.1, 0.15) is 10.4 Å². The number of rotatable bonds is 3. The number of aromatic nitrogens is 1. The Morgan fingerprint density at radius 1 is 1.50 bits per heavy atom. The molecule has 4 nitrogen and oxygen atoms in total. The Morgan fingerprint density at radius 3 is 2.64 bits per heavy atom. The Morgan fingerprint density at radius 2 is 2.21 bits per heavy atom. The summed E-state index contributed by atoms with van der Waals surface area (Å²) in [6, 6.07) is 3.44. The molecule has 1 aromatic rings. The van der Waals surface area contributed by atoms with Gasteiger partial charge < -0.3 is 9.47 Å². The quantitative estimate of drug-likeness (QED) is 0.613. The molecule has 0 aromatic carbocycles. The van der Waals surface area contributed by atoms with E-state index < -0.39 is 4.83 Å². The van der Waals surface area contributed by atoms with E-state index in [1.54, 1.807) is 18.3 Å². The molecule has 1 unspecified atom stereocenters. The number of ether oxygens (including phenoxy) is 2. The van der Waals surface area contributed by atoms with Gasteiger partial charge in [-0.15, -0.1) is 0 Å². The third-order valence-corrected chi connectivity index (χ3v) is 2.57. The van der Waals surface area contributed by atoms with Crippen molar-refractivity contribution in [3.63, 3.8) is 0 Å². The van der Waals surface area contributed by atoms with Crippen LogP contribution < -0.4 is 4.74 Å². The SMILES string of the molecule is COC(=O)C(Br)c1ccc(OC)nc1. The minimum Gasteiger partial charge on any atom is -0.481 e. The minimum atomic E-state index is -0.481. The van der Waals surface area contributed by atoms with E-state index in [0.29, 0.717) is 5.88 Å². The number of nitrogens with zero attached hydrogens (tertiary/aromatic N) is 1. The van der Waals surface area contributed by atoms with Gasteiger partial charge in [0.15, 0.2) is 0 Å². The molecule has 0 spiro atoms. The van der Waals surface area contributed by atoms with Gasteiger partial charge in [0.25, 0.3) is 0 Å². The number of hydrogen-bond acceptors (Lipinski definition) is 4. The van der Waals surface area contributed by atoms with Crippen LogP contribution in [0.25, 0.3) is 0 Å². The first kappa shape index (κ1) is 11.0. The number of methoxy groups -OCH3 is 2. The predicted molar refractivity (Wildman–Crippen MR) is 54.5 cm³/mol.